The Hall–Kier alpha value is -2.88. The van der Waals surface area contributed by atoms with Crippen molar-refractivity contribution in [2.75, 3.05) is 11.9 Å². The van der Waals surface area contributed by atoms with Crippen molar-refractivity contribution < 1.29 is 19.4 Å². The molecule has 4 N–H and O–H groups in total. The molecule has 1 aliphatic heterocycles. The van der Waals surface area contributed by atoms with Crippen molar-refractivity contribution in [2.24, 2.45) is 0 Å². The minimum Gasteiger partial charge on any atom is -0.508 e. The Morgan fingerprint density at radius 3 is 2.68 bits per heavy atom. The number of aromatic hydroxyl groups is 1. The Kier molecular flexibility index (Phi) is 7.29. The first-order chi connectivity index (χ1) is 17.7. The predicted molar refractivity (Wildman–Crippen MR) is 149 cm³/mol. The fraction of sp³-hybridized carbons (Fsp3) is 0.429. The van der Waals surface area contributed by atoms with Crippen LogP contribution in [0.1, 0.15) is 70.4 Å². The van der Waals surface area contributed by atoms with E-state index in [0.717, 1.165) is 71.6 Å². The van der Waals surface area contributed by atoms with E-state index >= 15 is 0 Å². The van der Waals surface area contributed by atoms with Crippen LogP contribution in [0.15, 0.2) is 24.3 Å². The molecule has 0 saturated heterocycles. The molecule has 0 spiro atoms. The summed E-state index contributed by atoms with van der Waals surface area (Å²) in [5.41, 5.74) is 4.20. The Balaban J connectivity index is 1.38. The van der Waals surface area contributed by atoms with Crippen molar-refractivity contribution in [1.29, 1.82) is 0 Å². The van der Waals surface area contributed by atoms with E-state index in [4.69, 9.17) is 4.74 Å². The van der Waals surface area contributed by atoms with Gasteiger partial charge in [-0.15, -0.1) is 22.7 Å². The number of rotatable bonds is 5. The molecule has 3 heterocycles. The van der Waals surface area contributed by atoms with Crippen LogP contribution in [0, 0.1) is 0 Å². The van der Waals surface area contributed by atoms with Crippen molar-refractivity contribution in [3.63, 3.8) is 0 Å². The topological polar surface area (TPSA) is 99.7 Å². The van der Waals surface area contributed by atoms with E-state index in [2.05, 4.69) is 16.0 Å². The molecule has 37 heavy (non-hydrogen) atoms. The zero-order valence-electron chi connectivity index (χ0n) is 21.5. The van der Waals surface area contributed by atoms with E-state index in [1.807, 2.05) is 32.9 Å². The number of phenolic OH excluding ortho intramolecular Hbond substituents is 1. The molecule has 1 aromatic carbocycles. The van der Waals surface area contributed by atoms with Crippen molar-refractivity contribution in [1.82, 2.24) is 10.6 Å². The van der Waals surface area contributed by atoms with Crippen molar-refractivity contribution in [2.45, 2.75) is 71.6 Å². The lowest BCUT2D eigenvalue weighted by molar-refractivity contribution is 0.00699. The van der Waals surface area contributed by atoms with E-state index in [-0.39, 0.29) is 17.7 Å². The molecule has 2 amide bonds. The number of esters is 1. The van der Waals surface area contributed by atoms with Crippen molar-refractivity contribution >= 4 is 39.7 Å². The normalized spacial score (nSPS) is 15.0. The van der Waals surface area contributed by atoms with Gasteiger partial charge in [-0.05, 0) is 93.8 Å². The molecule has 0 saturated carbocycles. The molecule has 0 fully saturated rings. The number of benzene rings is 1. The summed E-state index contributed by atoms with van der Waals surface area (Å²) in [4.78, 5) is 29.7. The molecular weight excluding hydrogens is 506 g/mol. The highest BCUT2D eigenvalue weighted by Gasteiger charge is 2.30. The molecule has 2 aliphatic rings. The second-order valence-corrected chi connectivity index (χ2v) is 12.7. The molecule has 2 aromatic heterocycles. The van der Waals surface area contributed by atoms with Crippen LogP contribution in [0.2, 0.25) is 0 Å². The van der Waals surface area contributed by atoms with Crippen LogP contribution in [-0.2, 0) is 37.1 Å². The first-order valence-electron chi connectivity index (χ1n) is 12.8. The number of carbonyl (C=O) groups excluding carboxylic acids is 2. The van der Waals surface area contributed by atoms with Gasteiger partial charge in [0.05, 0.1) is 5.56 Å². The lowest BCUT2D eigenvalue weighted by atomic mass is 9.95. The van der Waals surface area contributed by atoms with Gasteiger partial charge in [0, 0.05) is 27.7 Å². The van der Waals surface area contributed by atoms with Gasteiger partial charge in [0.25, 0.3) is 0 Å². The number of ether oxygens (including phenoxy) is 1. The molecular formula is C28H33N3O4S2. The summed E-state index contributed by atoms with van der Waals surface area (Å²) in [5, 5.41) is 20.0. The summed E-state index contributed by atoms with van der Waals surface area (Å²) >= 11 is 3.19. The molecule has 5 rings (SSSR count). The summed E-state index contributed by atoms with van der Waals surface area (Å²) in [7, 11) is 0. The maximum Gasteiger partial charge on any atom is 0.341 e. The Bertz CT molecular complexity index is 1340. The van der Waals surface area contributed by atoms with Crippen LogP contribution in [0.25, 0.3) is 10.4 Å². The molecule has 9 heteroatoms. The SMILES string of the molecule is CC(C)(C)OC(=O)c1c(NC(=O)NCc2c(-c3cccc(O)c3)sc3c2CCNC3)sc2c1CCCC2. The predicted octanol–water partition coefficient (Wildman–Crippen LogP) is 5.98. The zero-order valence-corrected chi connectivity index (χ0v) is 23.1. The maximum atomic E-state index is 13.1. The molecule has 0 bridgehead atoms. The first-order valence-corrected chi connectivity index (χ1v) is 14.4. The lowest BCUT2D eigenvalue weighted by Crippen LogP contribution is -2.30. The Labute approximate surface area is 225 Å². The fourth-order valence-corrected chi connectivity index (χ4v) is 7.59. The van der Waals surface area contributed by atoms with Crippen LogP contribution in [0.5, 0.6) is 5.75 Å². The van der Waals surface area contributed by atoms with Gasteiger partial charge in [0.1, 0.15) is 16.4 Å². The molecule has 7 nitrogen and oxygen atoms in total. The smallest absolute Gasteiger partial charge is 0.341 e. The molecule has 1 aliphatic carbocycles. The standard InChI is InChI=1S/C28H33N3O4S2/c1-28(2,3)35-26(33)23-19-9-4-5-10-21(19)37-25(23)31-27(34)30-14-20-18-11-12-29-15-22(18)36-24(20)16-7-6-8-17(32)13-16/h6-8,13,29,32H,4-5,9-12,14-15H2,1-3H3,(H2,30,31,34). The highest BCUT2D eigenvalue weighted by molar-refractivity contribution is 7.17. The van der Waals surface area contributed by atoms with Gasteiger partial charge in [-0.2, -0.15) is 0 Å². The number of thiophene rings is 2. The van der Waals surface area contributed by atoms with Crippen LogP contribution in [0.4, 0.5) is 9.80 Å². The van der Waals surface area contributed by atoms with Gasteiger partial charge in [-0.3, -0.25) is 5.32 Å². The van der Waals surface area contributed by atoms with Crippen molar-refractivity contribution in [3.8, 4) is 16.2 Å². The summed E-state index contributed by atoms with van der Waals surface area (Å²) in [6.07, 6.45) is 4.75. The van der Waals surface area contributed by atoms with E-state index in [1.54, 1.807) is 23.5 Å². The van der Waals surface area contributed by atoms with E-state index < -0.39 is 5.60 Å². The summed E-state index contributed by atoms with van der Waals surface area (Å²) in [5.74, 6) is -0.164. The number of urea groups is 1. The number of phenols is 1. The Morgan fingerprint density at radius 1 is 1.08 bits per heavy atom. The van der Waals surface area contributed by atoms with Gasteiger partial charge in [-0.1, -0.05) is 12.1 Å². The highest BCUT2D eigenvalue weighted by Crippen LogP contribution is 2.40. The summed E-state index contributed by atoms with van der Waals surface area (Å²) in [6.45, 7) is 7.61. The third-order valence-electron chi connectivity index (χ3n) is 6.57. The van der Waals surface area contributed by atoms with Gasteiger partial charge < -0.3 is 20.5 Å². The zero-order chi connectivity index (χ0) is 26.2. The number of amides is 2. The van der Waals surface area contributed by atoms with Gasteiger partial charge in [0.2, 0.25) is 0 Å². The number of anilines is 1. The number of aryl methyl sites for hydroxylation is 1. The number of hydrogen-bond donors (Lipinski definition) is 4. The van der Waals surface area contributed by atoms with Crippen molar-refractivity contribution in [3.05, 3.63) is 56.3 Å². The minimum absolute atomic E-state index is 0.218. The van der Waals surface area contributed by atoms with Crippen LogP contribution in [-0.4, -0.2) is 29.3 Å². The number of carbonyl (C=O) groups is 2. The number of fused-ring (bicyclic) bond motifs is 2. The van der Waals surface area contributed by atoms with Gasteiger partial charge in [-0.25, -0.2) is 9.59 Å². The second kappa shape index (κ2) is 10.5. The molecule has 0 unspecified atom stereocenters. The van der Waals surface area contributed by atoms with Gasteiger partial charge >= 0.3 is 12.0 Å². The molecule has 3 aromatic rings. The first kappa shape index (κ1) is 25.8. The van der Waals surface area contributed by atoms with E-state index in [1.165, 1.54) is 21.8 Å². The van der Waals surface area contributed by atoms with Crippen LogP contribution in [0.3, 0.4) is 0 Å². The van der Waals surface area contributed by atoms with Crippen LogP contribution >= 0.6 is 22.7 Å². The third-order valence-corrected chi connectivity index (χ3v) is 9.10. The monoisotopic (exact) mass is 539 g/mol. The van der Waals surface area contributed by atoms with Crippen LogP contribution < -0.4 is 16.0 Å². The highest BCUT2D eigenvalue weighted by atomic mass is 32.1. The number of nitrogens with one attached hydrogen (secondary N) is 3. The third kappa shape index (κ3) is 5.68. The van der Waals surface area contributed by atoms with E-state index in [0.29, 0.717) is 17.1 Å². The quantitative estimate of drug-likeness (QED) is 0.299. The largest absolute Gasteiger partial charge is 0.508 e. The average Bonchev–Trinajstić information content (AvgIpc) is 3.39. The Morgan fingerprint density at radius 2 is 1.89 bits per heavy atom. The molecule has 0 atom stereocenters. The fourth-order valence-electron chi connectivity index (χ4n) is 4.98. The lowest BCUT2D eigenvalue weighted by Gasteiger charge is -2.21. The van der Waals surface area contributed by atoms with E-state index in [9.17, 15) is 14.7 Å². The van der Waals surface area contributed by atoms with Gasteiger partial charge in [0.15, 0.2) is 0 Å². The average molecular weight is 540 g/mol. The summed E-state index contributed by atoms with van der Waals surface area (Å²) < 4.78 is 5.70. The minimum atomic E-state index is -0.616. The molecule has 0 radical (unpaired) electrons. The second-order valence-electron chi connectivity index (χ2n) is 10.5. The maximum absolute atomic E-state index is 13.1. The molecule has 196 valence electrons. The summed E-state index contributed by atoms with van der Waals surface area (Å²) in [6, 6.07) is 6.89. The number of hydrogen-bond acceptors (Lipinski definition) is 7.